The first-order valence-corrected chi connectivity index (χ1v) is 15.7. The van der Waals surface area contributed by atoms with Gasteiger partial charge in [0.1, 0.15) is 24.2 Å². The highest BCUT2D eigenvalue weighted by molar-refractivity contribution is 7.92. The minimum atomic E-state index is -4.28. The molecule has 0 unspecified atom stereocenters. The van der Waals surface area contributed by atoms with Crippen molar-refractivity contribution in [2.45, 2.75) is 62.6 Å². The smallest absolute Gasteiger partial charge is 0.264 e. The van der Waals surface area contributed by atoms with Crippen LogP contribution in [0.3, 0.4) is 0 Å². The number of ether oxygens (including phenoxy) is 1. The molecule has 3 aromatic carbocycles. The Balaban J connectivity index is 1.67. The molecule has 1 aliphatic carbocycles. The highest BCUT2D eigenvalue weighted by Gasteiger charge is 2.33. The fourth-order valence-electron chi connectivity index (χ4n) is 4.99. The number of benzene rings is 3. The van der Waals surface area contributed by atoms with Crippen LogP contribution in [0.4, 0.5) is 10.1 Å². The standard InChI is InChI=1S/C31H35ClFN3O5S/c1-22(31(38)34-26-9-4-3-5-10-26)35(20-23-7-6-8-24(32)19-23)30(37)21-36(27-13-11-25(33)12-14-27)42(39,40)29-17-15-28(41-2)16-18-29/h6-8,11-19,22,26H,3-5,9-10,20-21H2,1-2H3,(H,34,38)/t22-/m1/s1. The van der Waals surface area contributed by atoms with Crippen molar-refractivity contribution >= 4 is 39.1 Å². The third-order valence-corrected chi connectivity index (χ3v) is 9.42. The number of rotatable bonds is 11. The average molecular weight is 616 g/mol. The Morgan fingerprint density at radius 1 is 1.02 bits per heavy atom. The first kappa shape index (κ1) is 31.3. The fourth-order valence-corrected chi connectivity index (χ4v) is 6.62. The summed E-state index contributed by atoms with van der Waals surface area (Å²) < 4.78 is 47.6. The molecule has 4 rings (SSSR count). The van der Waals surface area contributed by atoms with E-state index in [9.17, 15) is 22.4 Å². The minimum Gasteiger partial charge on any atom is -0.497 e. The Morgan fingerprint density at radius 3 is 2.31 bits per heavy atom. The molecule has 2 amide bonds. The van der Waals surface area contributed by atoms with E-state index in [4.69, 9.17) is 16.3 Å². The Bertz CT molecular complexity index is 1480. The third kappa shape index (κ3) is 7.80. The third-order valence-electron chi connectivity index (χ3n) is 7.40. The van der Waals surface area contributed by atoms with Gasteiger partial charge in [-0.3, -0.25) is 13.9 Å². The van der Waals surface area contributed by atoms with Crippen molar-refractivity contribution in [1.29, 1.82) is 0 Å². The van der Waals surface area contributed by atoms with Gasteiger partial charge in [-0.15, -0.1) is 0 Å². The molecule has 8 nitrogen and oxygen atoms in total. The van der Waals surface area contributed by atoms with Gasteiger partial charge in [0, 0.05) is 17.6 Å². The van der Waals surface area contributed by atoms with E-state index in [0.717, 1.165) is 48.5 Å². The summed E-state index contributed by atoms with van der Waals surface area (Å²) in [6.45, 7) is 1.03. The molecule has 1 saturated carbocycles. The summed E-state index contributed by atoms with van der Waals surface area (Å²) in [5.74, 6) is -1.02. The van der Waals surface area contributed by atoms with Crippen LogP contribution in [0.15, 0.2) is 77.7 Å². The van der Waals surface area contributed by atoms with Crippen LogP contribution in [-0.2, 0) is 26.2 Å². The van der Waals surface area contributed by atoms with Crippen molar-refractivity contribution < 1.29 is 27.1 Å². The van der Waals surface area contributed by atoms with Gasteiger partial charge in [0.15, 0.2) is 0 Å². The number of hydrogen-bond donors (Lipinski definition) is 1. The quantitative estimate of drug-likeness (QED) is 0.305. The Kier molecular flexibility index (Phi) is 10.5. The summed E-state index contributed by atoms with van der Waals surface area (Å²) in [6, 6.07) is 16.6. The molecule has 224 valence electrons. The number of anilines is 1. The van der Waals surface area contributed by atoms with Crippen LogP contribution in [0, 0.1) is 5.82 Å². The maximum absolute atomic E-state index is 14.0. The molecule has 11 heteroatoms. The molecule has 3 aromatic rings. The van der Waals surface area contributed by atoms with Crippen molar-refractivity contribution in [3.05, 3.63) is 89.2 Å². The lowest BCUT2D eigenvalue weighted by molar-refractivity contribution is -0.139. The monoisotopic (exact) mass is 615 g/mol. The van der Waals surface area contributed by atoms with Crippen LogP contribution >= 0.6 is 11.6 Å². The van der Waals surface area contributed by atoms with Crippen molar-refractivity contribution in [3.8, 4) is 5.75 Å². The number of amides is 2. The normalized spacial score (nSPS) is 14.6. The number of hydrogen-bond acceptors (Lipinski definition) is 5. The molecule has 42 heavy (non-hydrogen) atoms. The van der Waals surface area contributed by atoms with E-state index >= 15 is 0 Å². The molecule has 0 spiro atoms. The summed E-state index contributed by atoms with van der Waals surface area (Å²) in [5.41, 5.74) is 0.780. The summed E-state index contributed by atoms with van der Waals surface area (Å²) >= 11 is 6.20. The van der Waals surface area contributed by atoms with Gasteiger partial charge in [-0.25, -0.2) is 12.8 Å². The zero-order chi connectivity index (χ0) is 30.3. The fraction of sp³-hybridized carbons (Fsp3) is 0.355. The lowest BCUT2D eigenvalue weighted by Crippen LogP contribution is -2.53. The van der Waals surface area contributed by atoms with E-state index in [1.54, 1.807) is 31.2 Å². The van der Waals surface area contributed by atoms with E-state index in [1.165, 1.54) is 48.4 Å². The van der Waals surface area contributed by atoms with Gasteiger partial charge in [0.25, 0.3) is 10.0 Å². The molecule has 0 saturated heterocycles. The van der Waals surface area contributed by atoms with Gasteiger partial charge in [-0.1, -0.05) is 43.0 Å². The molecule has 1 N–H and O–H groups in total. The number of carbonyl (C=O) groups is 2. The largest absolute Gasteiger partial charge is 0.497 e. The van der Waals surface area contributed by atoms with E-state index in [2.05, 4.69) is 5.32 Å². The number of methoxy groups -OCH3 is 1. The van der Waals surface area contributed by atoms with Crippen LogP contribution in [0.1, 0.15) is 44.6 Å². The molecule has 0 aromatic heterocycles. The highest BCUT2D eigenvalue weighted by Crippen LogP contribution is 2.26. The first-order chi connectivity index (χ1) is 20.1. The van der Waals surface area contributed by atoms with Gasteiger partial charge >= 0.3 is 0 Å². The maximum Gasteiger partial charge on any atom is 0.264 e. The first-order valence-electron chi connectivity index (χ1n) is 13.8. The molecule has 1 fully saturated rings. The topological polar surface area (TPSA) is 96.0 Å². The molecular formula is C31H35ClFN3O5S. The molecule has 0 bridgehead atoms. The number of nitrogens with one attached hydrogen (secondary N) is 1. The van der Waals surface area contributed by atoms with Gasteiger partial charge in [0.05, 0.1) is 17.7 Å². The summed E-state index contributed by atoms with van der Waals surface area (Å²) in [7, 11) is -2.82. The molecule has 0 heterocycles. The van der Waals surface area contributed by atoms with Crippen molar-refractivity contribution in [3.63, 3.8) is 0 Å². The zero-order valence-electron chi connectivity index (χ0n) is 23.6. The predicted molar refractivity (Wildman–Crippen MR) is 160 cm³/mol. The Labute approximate surface area is 251 Å². The second kappa shape index (κ2) is 14.0. The number of sulfonamides is 1. The van der Waals surface area contributed by atoms with Crippen molar-refractivity contribution in [1.82, 2.24) is 10.2 Å². The highest BCUT2D eigenvalue weighted by atomic mass is 35.5. The van der Waals surface area contributed by atoms with Crippen LogP contribution in [0.5, 0.6) is 5.75 Å². The number of carbonyl (C=O) groups excluding carboxylic acids is 2. The van der Waals surface area contributed by atoms with Gasteiger partial charge < -0.3 is 15.0 Å². The van der Waals surface area contributed by atoms with Crippen molar-refractivity contribution in [2.24, 2.45) is 0 Å². The molecule has 0 aliphatic heterocycles. The second-order valence-corrected chi connectivity index (χ2v) is 12.6. The van der Waals surface area contributed by atoms with E-state index < -0.39 is 34.3 Å². The second-order valence-electron chi connectivity index (χ2n) is 10.3. The molecule has 0 radical (unpaired) electrons. The summed E-state index contributed by atoms with van der Waals surface area (Å²) in [5, 5.41) is 3.53. The molecular weight excluding hydrogens is 581 g/mol. The van der Waals surface area contributed by atoms with Crippen LogP contribution in [-0.4, -0.2) is 50.9 Å². The van der Waals surface area contributed by atoms with E-state index in [-0.39, 0.29) is 29.1 Å². The Morgan fingerprint density at radius 2 is 1.69 bits per heavy atom. The van der Waals surface area contributed by atoms with Crippen LogP contribution in [0.25, 0.3) is 0 Å². The average Bonchev–Trinajstić information content (AvgIpc) is 2.99. The summed E-state index contributed by atoms with van der Waals surface area (Å²) in [4.78, 5) is 28.7. The van der Waals surface area contributed by atoms with E-state index in [0.29, 0.717) is 16.3 Å². The maximum atomic E-state index is 14.0. The van der Waals surface area contributed by atoms with Crippen LogP contribution in [0.2, 0.25) is 5.02 Å². The number of nitrogens with zero attached hydrogens (tertiary/aromatic N) is 2. The summed E-state index contributed by atoms with van der Waals surface area (Å²) in [6.07, 6.45) is 4.93. The van der Waals surface area contributed by atoms with Crippen LogP contribution < -0.4 is 14.4 Å². The van der Waals surface area contributed by atoms with Gasteiger partial charge in [-0.2, -0.15) is 0 Å². The van der Waals surface area contributed by atoms with Gasteiger partial charge in [-0.05, 0) is 86.0 Å². The van der Waals surface area contributed by atoms with Crippen molar-refractivity contribution in [2.75, 3.05) is 18.0 Å². The van der Waals surface area contributed by atoms with E-state index in [1.807, 2.05) is 0 Å². The Hall–Kier alpha value is -3.63. The number of halogens is 2. The lowest BCUT2D eigenvalue weighted by Gasteiger charge is -2.33. The van der Waals surface area contributed by atoms with Gasteiger partial charge in [0.2, 0.25) is 11.8 Å². The zero-order valence-corrected chi connectivity index (χ0v) is 25.2. The SMILES string of the molecule is COc1ccc(S(=O)(=O)N(CC(=O)N(Cc2cccc(Cl)c2)[C@H](C)C(=O)NC2CCCCC2)c2ccc(F)cc2)cc1. The predicted octanol–water partition coefficient (Wildman–Crippen LogP) is 5.55. The minimum absolute atomic E-state index is 0.0263. The molecule has 1 aliphatic rings. The lowest BCUT2D eigenvalue weighted by atomic mass is 9.95. The molecule has 1 atom stereocenters.